The fourth-order valence-electron chi connectivity index (χ4n) is 2.59. The third-order valence-electron chi connectivity index (χ3n) is 3.84. The van der Waals surface area contributed by atoms with Crippen LogP contribution in [0.5, 0.6) is 5.75 Å². The van der Waals surface area contributed by atoms with Gasteiger partial charge in [-0.25, -0.2) is 0 Å². The molecule has 1 atom stereocenters. The zero-order valence-corrected chi connectivity index (χ0v) is 13.5. The van der Waals surface area contributed by atoms with Crippen LogP contribution < -0.4 is 10.1 Å². The van der Waals surface area contributed by atoms with Crippen molar-refractivity contribution in [3.05, 3.63) is 29.8 Å². The molecule has 114 valence electrons. The van der Waals surface area contributed by atoms with E-state index in [0.29, 0.717) is 6.04 Å². The predicted octanol–water partition coefficient (Wildman–Crippen LogP) is 4.58. The Hall–Kier alpha value is -1.02. The Morgan fingerprint density at radius 2 is 1.75 bits per heavy atom. The SMILES string of the molecule is CCCCCCC(CCc1ccc(OC)cc1)NCC. The summed E-state index contributed by atoms with van der Waals surface area (Å²) in [6.07, 6.45) is 9.11. The van der Waals surface area contributed by atoms with E-state index in [1.165, 1.54) is 44.1 Å². The van der Waals surface area contributed by atoms with Gasteiger partial charge in [0, 0.05) is 6.04 Å². The maximum Gasteiger partial charge on any atom is 0.118 e. The first-order valence-corrected chi connectivity index (χ1v) is 8.16. The number of unbranched alkanes of at least 4 members (excludes halogenated alkanes) is 3. The Kier molecular flexibility index (Phi) is 9.14. The van der Waals surface area contributed by atoms with Crippen LogP contribution in [0.4, 0.5) is 0 Å². The maximum atomic E-state index is 5.20. The number of benzene rings is 1. The van der Waals surface area contributed by atoms with Crippen molar-refractivity contribution in [1.29, 1.82) is 0 Å². The first-order valence-electron chi connectivity index (χ1n) is 8.16. The van der Waals surface area contributed by atoms with Gasteiger partial charge in [0.2, 0.25) is 0 Å². The van der Waals surface area contributed by atoms with Gasteiger partial charge >= 0.3 is 0 Å². The number of hydrogen-bond acceptors (Lipinski definition) is 2. The molecule has 0 fully saturated rings. The van der Waals surface area contributed by atoms with Gasteiger partial charge in [0.1, 0.15) is 5.75 Å². The van der Waals surface area contributed by atoms with Crippen LogP contribution in [0.25, 0.3) is 0 Å². The minimum atomic E-state index is 0.666. The molecule has 0 saturated heterocycles. The Morgan fingerprint density at radius 3 is 2.35 bits per heavy atom. The molecule has 1 aromatic carbocycles. The number of methoxy groups -OCH3 is 1. The quantitative estimate of drug-likeness (QED) is 0.598. The Morgan fingerprint density at radius 1 is 1.00 bits per heavy atom. The molecule has 0 saturated carbocycles. The molecule has 2 heteroatoms. The smallest absolute Gasteiger partial charge is 0.118 e. The van der Waals surface area contributed by atoms with Gasteiger partial charge < -0.3 is 10.1 Å². The van der Waals surface area contributed by atoms with Gasteiger partial charge in [0.25, 0.3) is 0 Å². The van der Waals surface area contributed by atoms with E-state index < -0.39 is 0 Å². The molecule has 0 heterocycles. The third-order valence-corrected chi connectivity index (χ3v) is 3.84. The minimum absolute atomic E-state index is 0.666. The predicted molar refractivity (Wildman–Crippen MR) is 87.5 cm³/mol. The Labute approximate surface area is 124 Å². The highest BCUT2D eigenvalue weighted by atomic mass is 16.5. The van der Waals surface area contributed by atoms with Crippen LogP contribution >= 0.6 is 0 Å². The largest absolute Gasteiger partial charge is 0.497 e. The number of nitrogens with one attached hydrogen (secondary N) is 1. The molecular formula is C18H31NO. The summed E-state index contributed by atoms with van der Waals surface area (Å²) >= 11 is 0. The summed E-state index contributed by atoms with van der Waals surface area (Å²) in [5.74, 6) is 0.941. The summed E-state index contributed by atoms with van der Waals surface area (Å²) in [7, 11) is 1.71. The van der Waals surface area contributed by atoms with E-state index in [0.717, 1.165) is 18.7 Å². The van der Waals surface area contributed by atoms with E-state index in [1.807, 2.05) is 0 Å². The van der Waals surface area contributed by atoms with E-state index in [2.05, 4.69) is 43.4 Å². The lowest BCUT2D eigenvalue weighted by Gasteiger charge is -2.18. The second kappa shape index (κ2) is 10.7. The number of rotatable bonds is 11. The van der Waals surface area contributed by atoms with Crippen LogP contribution in [0.2, 0.25) is 0 Å². The van der Waals surface area contributed by atoms with E-state index in [9.17, 15) is 0 Å². The van der Waals surface area contributed by atoms with E-state index in [1.54, 1.807) is 7.11 Å². The molecule has 0 amide bonds. The fourth-order valence-corrected chi connectivity index (χ4v) is 2.59. The second-order valence-electron chi connectivity index (χ2n) is 5.49. The van der Waals surface area contributed by atoms with Crippen LogP contribution in [0.15, 0.2) is 24.3 Å². The summed E-state index contributed by atoms with van der Waals surface area (Å²) in [6.45, 7) is 5.54. The van der Waals surface area contributed by atoms with Crippen molar-refractivity contribution in [1.82, 2.24) is 5.32 Å². The van der Waals surface area contributed by atoms with Gasteiger partial charge in [-0.3, -0.25) is 0 Å². The van der Waals surface area contributed by atoms with Crippen LogP contribution in [0.1, 0.15) is 57.9 Å². The average Bonchev–Trinajstić information content (AvgIpc) is 2.49. The van der Waals surface area contributed by atoms with Crippen LogP contribution in [-0.4, -0.2) is 19.7 Å². The highest BCUT2D eigenvalue weighted by Gasteiger charge is 2.07. The maximum absolute atomic E-state index is 5.20. The first-order chi connectivity index (χ1) is 9.80. The van der Waals surface area contributed by atoms with E-state index in [4.69, 9.17) is 4.74 Å². The number of hydrogen-bond donors (Lipinski definition) is 1. The first kappa shape index (κ1) is 17.0. The minimum Gasteiger partial charge on any atom is -0.497 e. The molecule has 0 aliphatic carbocycles. The normalized spacial score (nSPS) is 12.3. The molecule has 20 heavy (non-hydrogen) atoms. The molecule has 1 aromatic rings. The molecule has 1 rings (SSSR count). The van der Waals surface area contributed by atoms with Gasteiger partial charge in [0.05, 0.1) is 7.11 Å². The molecule has 0 aromatic heterocycles. The van der Waals surface area contributed by atoms with Crippen molar-refractivity contribution < 1.29 is 4.74 Å². The lowest BCUT2D eigenvalue weighted by molar-refractivity contribution is 0.414. The van der Waals surface area contributed by atoms with Crippen LogP contribution in [0, 0.1) is 0 Å². The van der Waals surface area contributed by atoms with Crippen molar-refractivity contribution in [3.63, 3.8) is 0 Å². The van der Waals surface area contributed by atoms with Crippen LogP contribution in [0.3, 0.4) is 0 Å². The summed E-state index contributed by atoms with van der Waals surface area (Å²) in [4.78, 5) is 0. The lowest BCUT2D eigenvalue weighted by Crippen LogP contribution is -2.29. The molecule has 0 aliphatic rings. The molecule has 0 radical (unpaired) electrons. The van der Waals surface area contributed by atoms with Gasteiger partial charge in [0.15, 0.2) is 0 Å². The zero-order valence-electron chi connectivity index (χ0n) is 13.5. The summed E-state index contributed by atoms with van der Waals surface area (Å²) in [5, 5.41) is 3.63. The van der Waals surface area contributed by atoms with Crippen molar-refractivity contribution in [2.45, 2.75) is 64.8 Å². The summed E-state index contributed by atoms with van der Waals surface area (Å²) < 4.78 is 5.20. The fraction of sp³-hybridized carbons (Fsp3) is 0.667. The molecule has 0 spiro atoms. The number of aryl methyl sites for hydroxylation is 1. The second-order valence-corrected chi connectivity index (χ2v) is 5.49. The molecule has 1 unspecified atom stereocenters. The van der Waals surface area contributed by atoms with Crippen LogP contribution in [-0.2, 0) is 6.42 Å². The van der Waals surface area contributed by atoms with Gasteiger partial charge in [-0.05, 0) is 43.5 Å². The van der Waals surface area contributed by atoms with Crippen molar-refractivity contribution in [2.24, 2.45) is 0 Å². The summed E-state index contributed by atoms with van der Waals surface area (Å²) in [5.41, 5.74) is 1.40. The standard InChI is InChI=1S/C18H31NO/c1-4-6-7-8-9-17(19-5-2)13-10-16-11-14-18(20-3)15-12-16/h11-12,14-15,17,19H,4-10,13H2,1-3H3. The average molecular weight is 277 g/mol. The molecule has 2 nitrogen and oxygen atoms in total. The topological polar surface area (TPSA) is 21.3 Å². The molecule has 0 bridgehead atoms. The Balaban J connectivity index is 2.32. The van der Waals surface area contributed by atoms with E-state index in [-0.39, 0.29) is 0 Å². The van der Waals surface area contributed by atoms with E-state index >= 15 is 0 Å². The molecule has 1 N–H and O–H groups in total. The highest BCUT2D eigenvalue weighted by Crippen LogP contribution is 2.15. The molecular weight excluding hydrogens is 246 g/mol. The van der Waals surface area contributed by atoms with Gasteiger partial charge in [-0.1, -0.05) is 51.7 Å². The Bertz CT molecular complexity index is 334. The highest BCUT2D eigenvalue weighted by molar-refractivity contribution is 5.27. The zero-order chi connectivity index (χ0) is 14.6. The van der Waals surface area contributed by atoms with Gasteiger partial charge in [-0.15, -0.1) is 0 Å². The lowest BCUT2D eigenvalue weighted by atomic mass is 10.00. The number of ether oxygens (including phenoxy) is 1. The molecule has 0 aliphatic heterocycles. The van der Waals surface area contributed by atoms with Gasteiger partial charge in [-0.2, -0.15) is 0 Å². The third kappa shape index (κ3) is 6.95. The van der Waals surface area contributed by atoms with Crippen molar-refractivity contribution in [2.75, 3.05) is 13.7 Å². The van der Waals surface area contributed by atoms with Crippen molar-refractivity contribution >= 4 is 0 Å². The monoisotopic (exact) mass is 277 g/mol. The van der Waals surface area contributed by atoms with Crippen molar-refractivity contribution in [3.8, 4) is 5.75 Å². The summed E-state index contributed by atoms with van der Waals surface area (Å²) in [6, 6.07) is 9.13.